The monoisotopic (exact) mass is 298 g/mol. The van der Waals surface area contributed by atoms with Gasteiger partial charge in [-0.15, -0.1) is 0 Å². The zero-order valence-corrected chi connectivity index (χ0v) is 12.5. The van der Waals surface area contributed by atoms with Gasteiger partial charge in [0, 0.05) is 13.0 Å². The minimum absolute atomic E-state index is 0.0675. The summed E-state index contributed by atoms with van der Waals surface area (Å²) in [5, 5.41) is 12.2. The summed E-state index contributed by atoms with van der Waals surface area (Å²) >= 11 is 0. The van der Waals surface area contributed by atoms with E-state index >= 15 is 0 Å². The first kappa shape index (κ1) is 16.2. The number of nitrogens with one attached hydrogen (secondary N) is 1. The summed E-state index contributed by atoms with van der Waals surface area (Å²) in [6.07, 6.45) is 1.09. The van der Waals surface area contributed by atoms with Crippen molar-refractivity contribution in [3.63, 3.8) is 0 Å². The van der Waals surface area contributed by atoms with Gasteiger partial charge in [-0.2, -0.15) is 0 Å². The summed E-state index contributed by atoms with van der Waals surface area (Å²) in [5.41, 5.74) is 8.35. The number of rotatable bonds is 7. The van der Waals surface area contributed by atoms with Crippen molar-refractivity contribution in [3.8, 4) is 0 Å². The molecule has 22 heavy (non-hydrogen) atoms. The molecule has 4 N–H and O–H groups in total. The van der Waals surface area contributed by atoms with E-state index in [1.165, 1.54) is 5.56 Å². The molecule has 0 bridgehead atoms. The van der Waals surface area contributed by atoms with Crippen molar-refractivity contribution < 1.29 is 9.90 Å². The van der Waals surface area contributed by atoms with Crippen molar-refractivity contribution in [1.29, 1.82) is 0 Å². The van der Waals surface area contributed by atoms with Crippen LogP contribution in [0.2, 0.25) is 0 Å². The van der Waals surface area contributed by atoms with E-state index in [9.17, 15) is 9.90 Å². The zero-order chi connectivity index (χ0) is 15.8. The molecular weight excluding hydrogens is 276 g/mol. The Balaban J connectivity index is 1.68. The zero-order valence-electron chi connectivity index (χ0n) is 12.5. The van der Waals surface area contributed by atoms with Crippen LogP contribution in [0.3, 0.4) is 0 Å². The molecule has 1 amide bonds. The Morgan fingerprint density at radius 2 is 1.64 bits per heavy atom. The Hall–Kier alpha value is -2.17. The molecule has 0 saturated carbocycles. The molecule has 0 aliphatic carbocycles. The second kappa shape index (κ2) is 8.32. The van der Waals surface area contributed by atoms with E-state index in [4.69, 9.17) is 5.73 Å². The van der Waals surface area contributed by atoms with Crippen LogP contribution in [0.4, 0.5) is 0 Å². The van der Waals surface area contributed by atoms with Gasteiger partial charge in [0.15, 0.2) is 0 Å². The minimum atomic E-state index is -0.938. The second-order valence-corrected chi connectivity index (χ2v) is 5.27. The topological polar surface area (TPSA) is 75.3 Å². The SMILES string of the molecule is NC(O)c1ccc(CCNC(=O)CCc2ccccc2)cc1. The highest BCUT2D eigenvalue weighted by Gasteiger charge is 2.03. The fourth-order valence-electron chi connectivity index (χ4n) is 2.22. The number of aryl methyl sites for hydroxylation is 1. The highest BCUT2D eigenvalue weighted by molar-refractivity contribution is 5.76. The van der Waals surface area contributed by atoms with E-state index in [-0.39, 0.29) is 5.91 Å². The Morgan fingerprint density at radius 3 is 2.27 bits per heavy atom. The van der Waals surface area contributed by atoms with E-state index in [1.54, 1.807) is 12.1 Å². The number of hydrogen-bond donors (Lipinski definition) is 3. The van der Waals surface area contributed by atoms with E-state index in [0.29, 0.717) is 18.5 Å². The van der Waals surface area contributed by atoms with Crippen molar-refractivity contribution in [2.75, 3.05) is 6.54 Å². The first-order valence-electron chi connectivity index (χ1n) is 7.48. The van der Waals surface area contributed by atoms with Crippen LogP contribution >= 0.6 is 0 Å². The Bertz CT molecular complexity index is 580. The highest BCUT2D eigenvalue weighted by Crippen LogP contribution is 2.09. The summed E-state index contributed by atoms with van der Waals surface area (Å²) in [6, 6.07) is 17.4. The number of amides is 1. The fourth-order valence-corrected chi connectivity index (χ4v) is 2.22. The lowest BCUT2D eigenvalue weighted by molar-refractivity contribution is -0.121. The molecule has 1 unspecified atom stereocenters. The number of carbonyl (C=O) groups excluding carboxylic acids is 1. The van der Waals surface area contributed by atoms with Gasteiger partial charge in [-0.3, -0.25) is 4.79 Å². The minimum Gasteiger partial charge on any atom is -0.375 e. The van der Waals surface area contributed by atoms with Crippen LogP contribution in [0, 0.1) is 0 Å². The third-order valence-corrected chi connectivity index (χ3v) is 3.54. The van der Waals surface area contributed by atoms with Gasteiger partial charge in [-0.05, 0) is 29.5 Å². The molecule has 0 aromatic heterocycles. The van der Waals surface area contributed by atoms with Crippen molar-refractivity contribution in [1.82, 2.24) is 5.32 Å². The highest BCUT2D eigenvalue weighted by atomic mass is 16.3. The van der Waals surface area contributed by atoms with Crippen LogP contribution in [0.25, 0.3) is 0 Å². The molecule has 0 radical (unpaired) electrons. The van der Waals surface area contributed by atoms with Crippen LogP contribution in [0.1, 0.15) is 29.3 Å². The van der Waals surface area contributed by atoms with Crippen LogP contribution < -0.4 is 11.1 Å². The number of hydrogen-bond acceptors (Lipinski definition) is 3. The van der Waals surface area contributed by atoms with E-state index in [0.717, 1.165) is 18.4 Å². The molecule has 0 aliphatic heterocycles. The Labute approximate surface area is 131 Å². The smallest absolute Gasteiger partial charge is 0.220 e. The normalized spacial score (nSPS) is 11.9. The van der Waals surface area contributed by atoms with Crippen molar-refractivity contribution in [3.05, 3.63) is 71.3 Å². The lowest BCUT2D eigenvalue weighted by Crippen LogP contribution is -2.25. The lowest BCUT2D eigenvalue weighted by Gasteiger charge is -2.08. The summed E-state index contributed by atoms with van der Waals surface area (Å²) in [7, 11) is 0. The second-order valence-electron chi connectivity index (χ2n) is 5.27. The first-order chi connectivity index (χ1) is 10.6. The number of aliphatic hydroxyl groups excluding tert-OH is 1. The van der Waals surface area contributed by atoms with Crippen LogP contribution in [0.5, 0.6) is 0 Å². The maximum absolute atomic E-state index is 11.8. The predicted octanol–water partition coefficient (Wildman–Crippen LogP) is 1.93. The number of carbonyl (C=O) groups is 1. The van der Waals surface area contributed by atoms with Gasteiger partial charge in [0.2, 0.25) is 5.91 Å². The number of aliphatic hydroxyl groups is 1. The molecule has 0 fully saturated rings. The fraction of sp³-hybridized carbons (Fsp3) is 0.278. The van der Waals surface area contributed by atoms with Crippen molar-refractivity contribution in [2.45, 2.75) is 25.5 Å². The third kappa shape index (κ3) is 5.31. The standard InChI is InChI=1S/C18H22N2O2/c19-18(22)16-9-6-15(7-10-16)12-13-20-17(21)11-8-14-4-2-1-3-5-14/h1-7,9-10,18,22H,8,11-13,19H2,(H,20,21). The van der Waals surface area contributed by atoms with Crippen LogP contribution in [-0.4, -0.2) is 17.6 Å². The maximum atomic E-state index is 11.8. The van der Waals surface area contributed by atoms with Gasteiger partial charge in [0.1, 0.15) is 6.23 Å². The molecule has 2 aromatic rings. The Kier molecular flexibility index (Phi) is 6.13. The summed E-state index contributed by atoms with van der Waals surface area (Å²) in [5.74, 6) is 0.0675. The van der Waals surface area contributed by atoms with Gasteiger partial charge in [0.05, 0.1) is 0 Å². The van der Waals surface area contributed by atoms with Crippen LogP contribution in [-0.2, 0) is 17.6 Å². The van der Waals surface area contributed by atoms with E-state index in [1.807, 2.05) is 42.5 Å². The quantitative estimate of drug-likeness (QED) is 0.684. The molecular formula is C18H22N2O2. The molecule has 2 aromatic carbocycles. The largest absolute Gasteiger partial charge is 0.375 e. The molecule has 1 atom stereocenters. The molecule has 0 heterocycles. The number of nitrogens with two attached hydrogens (primary N) is 1. The average molecular weight is 298 g/mol. The van der Waals surface area contributed by atoms with Crippen LogP contribution in [0.15, 0.2) is 54.6 Å². The van der Waals surface area contributed by atoms with Gasteiger partial charge in [-0.25, -0.2) is 0 Å². The third-order valence-electron chi connectivity index (χ3n) is 3.54. The molecule has 0 aliphatic rings. The van der Waals surface area contributed by atoms with E-state index in [2.05, 4.69) is 5.32 Å². The molecule has 0 saturated heterocycles. The van der Waals surface area contributed by atoms with Gasteiger partial charge in [-0.1, -0.05) is 54.6 Å². The van der Waals surface area contributed by atoms with Crippen molar-refractivity contribution >= 4 is 5.91 Å². The van der Waals surface area contributed by atoms with Gasteiger partial charge in [0.25, 0.3) is 0 Å². The van der Waals surface area contributed by atoms with Crippen molar-refractivity contribution in [2.24, 2.45) is 5.73 Å². The molecule has 116 valence electrons. The summed E-state index contributed by atoms with van der Waals surface area (Å²) in [6.45, 7) is 0.609. The first-order valence-corrected chi connectivity index (χ1v) is 7.48. The van der Waals surface area contributed by atoms with E-state index < -0.39 is 6.23 Å². The molecule has 2 rings (SSSR count). The Morgan fingerprint density at radius 1 is 1.00 bits per heavy atom. The predicted molar refractivity (Wildman–Crippen MR) is 87.1 cm³/mol. The maximum Gasteiger partial charge on any atom is 0.220 e. The molecule has 0 spiro atoms. The molecule has 4 heteroatoms. The summed E-state index contributed by atoms with van der Waals surface area (Å²) in [4.78, 5) is 11.8. The summed E-state index contributed by atoms with van der Waals surface area (Å²) < 4.78 is 0. The van der Waals surface area contributed by atoms with Gasteiger partial charge < -0.3 is 16.2 Å². The number of benzene rings is 2. The average Bonchev–Trinajstić information content (AvgIpc) is 2.54. The van der Waals surface area contributed by atoms with Gasteiger partial charge >= 0.3 is 0 Å². The molecule has 4 nitrogen and oxygen atoms in total. The lowest BCUT2D eigenvalue weighted by atomic mass is 10.1.